The van der Waals surface area contributed by atoms with E-state index in [-0.39, 0.29) is 5.75 Å². The molecule has 0 saturated carbocycles. The average Bonchev–Trinajstić information content (AvgIpc) is 1.93. The van der Waals surface area contributed by atoms with Crippen molar-refractivity contribution in [3.05, 3.63) is 35.9 Å². The van der Waals surface area contributed by atoms with Crippen LogP contribution in [0.5, 0.6) is 5.75 Å². The highest BCUT2D eigenvalue weighted by atomic mass is 19.3. The summed E-state index contributed by atoms with van der Waals surface area (Å²) in [7, 11) is 0. The van der Waals surface area contributed by atoms with Crippen molar-refractivity contribution in [3.63, 3.8) is 0 Å². The zero-order valence-electron chi connectivity index (χ0n) is 5.55. The Morgan fingerprint density at radius 3 is 2.18 bits per heavy atom. The molecule has 1 nitrogen and oxygen atoms in total. The molecule has 1 aromatic rings. The molecule has 0 atom stereocenters. The third-order valence-corrected chi connectivity index (χ3v) is 1.16. The number of hydrogen-bond acceptors (Lipinski definition) is 0. The molecule has 0 N–H and O–H groups in total. The number of halogens is 2. The summed E-state index contributed by atoms with van der Waals surface area (Å²) in [6.45, 7) is 0. The van der Waals surface area contributed by atoms with E-state index in [0.717, 1.165) is 0 Å². The van der Waals surface area contributed by atoms with Crippen LogP contribution in [-0.4, -0.2) is 0 Å². The molecule has 0 aromatic heterocycles. The molecule has 0 spiro atoms. The van der Waals surface area contributed by atoms with E-state index in [0.29, 0.717) is 11.6 Å². The molecule has 0 fully saturated rings. The molecule has 0 heterocycles. The summed E-state index contributed by atoms with van der Waals surface area (Å²) in [5, 5.41) is 10.5. The summed E-state index contributed by atoms with van der Waals surface area (Å²) < 4.78 is 23.2. The highest BCUT2D eigenvalue weighted by Gasteiger charge is 1.92. The van der Waals surface area contributed by atoms with E-state index < -0.39 is 6.08 Å². The summed E-state index contributed by atoms with van der Waals surface area (Å²) in [5.41, 5.74) is 0.338. The van der Waals surface area contributed by atoms with Crippen LogP contribution in [0.1, 0.15) is 5.56 Å². The maximum Gasteiger partial charge on any atom is 0.270 e. The van der Waals surface area contributed by atoms with Gasteiger partial charge in [0.2, 0.25) is 0 Å². The molecule has 0 bridgehead atoms. The highest BCUT2D eigenvalue weighted by molar-refractivity contribution is 5.50. The van der Waals surface area contributed by atoms with Gasteiger partial charge in [-0.2, -0.15) is 8.78 Å². The molecule has 0 amide bonds. The molecule has 0 saturated heterocycles. The van der Waals surface area contributed by atoms with E-state index in [4.69, 9.17) is 0 Å². The summed E-state index contributed by atoms with van der Waals surface area (Å²) >= 11 is 0. The summed E-state index contributed by atoms with van der Waals surface area (Å²) in [5.74, 6) is -0.179. The average molecular weight is 155 g/mol. The van der Waals surface area contributed by atoms with Crippen LogP contribution in [0.25, 0.3) is 6.08 Å². The molecule has 1 rings (SSSR count). The molecule has 0 aliphatic rings. The smallest absolute Gasteiger partial charge is 0.270 e. The van der Waals surface area contributed by atoms with Crippen LogP contribution in [0, 0.1) is 0 Å². The first-order valence-corrected chi connectivity index (χ1v) is 2.98. The van der Waals surface area contributed by atoms with Crippen molar-refractivity contribution in [1.82, 2.24) is 0 Å². The van der Waals surface area contributed by atoms with E-state index in [1.807, 2.05) is 0 Å². The molecule has 3 heteroatoms. The fourth-order valence-corrected chi connectivity index (χ4v) is 0.690. The Morgan fingerprint density at radius 1 is 1.18 bits per heavy atom. The van der Waals surface area contributed by atoms with Crippen LogP contribution in [0.3, 0.4) is 0 Å². The molecule has 0 aliphatic heterocycles. The van der Waals surface area contributed by atoms with Gasteiger partial charge in [0, 0.05) is 6.08 Å². The van der Waals surface area contributed by atoms with Crippen LogP contribution in [0.4, 0.5) is 8.78 Å². The molecular formula is C8H5F2O. The minimum atomic E-state index is -1.76. The van der Waals surface area contributed by atoms with Gasteiger partial charge in [0.05, 0.1) is 0 Å². The summed E-state index contributed by atoms with van der Waals surface area (Å²) in [6, 6.07) is 5.19. The Hall–Kier alpha value is -1.38. The minimum Gasteiger partial charge on any atom is -0.290 e. The van der Waals surface area contributed by atoms with Gasteiger partial charge in [-0.25, -0.2) is 0 Å². The van der Waals surface area contributed by atoms with Gasteiger partial charge in [0.1, 0.15) is 0 Å². The van der Waals surface area contributed by atoms with Gasteiger partial charge >= 0.3 is 0 Å². The van der Waals surface area contributed by atoms with Crippen molar-refractivity contribution in [2.45, 2.75) is 0 Å². The van der Waals surface area contributed by atoms with Crippen molar-refractivity contribution >= 4 is 6.08 Å². The van der Waals surface area contributed by atoms with Crippen molar-refractivity contribution < 1.29 is 13.9 Å². The molecule has 57 valence electrons. The Bertz CT molecular complexity index is 260. The van der Waals surface area contributed by atoms with Gasteiger partial charge in [0.15, 0.2) is 5.75 Å². The maximum absolute atomic E-state index is 11.6. The lowest BCUT2D eigenvalue weighted by Gasteiger charge is -1.89. The van der Waals surface area contributed by atoms with Gasteiger partial charge in [-0.3, -0.25) is 5.11 Å². The van der Waals surface area contributed by atoms with Gasteiger partial charge in [-0.05, 0) is 17.7 Å². The van der Waals surface area contributed by atoms with Crippen molar-refractivity contribution in [2.24, 2.45) is 0 Å². The lowest BCUT2D eigenvalue weighted by atomic mass is 10.2. The van der Waals surface area contributed by atoms with Gasteiger partial charge in [-0.1, -0.05) is 12.1 Å². The second-order valence-electron chi connectivity index (χ2n) is 2.00. The fourth-order valence-electron chi connectivity index (χ4n) is 0.690. The molecule has 0 unspecified atom stereocenters. The molecule has 11 heavy (non-hydrogen) atoms. The first-order valence-electron chi connectivity index (χ1n) is 2.98. The normalized spacial score (nSPS) is 9.27. The van der Waals surface area contributed by atoms with Crippen LogP contribution >= 0.6 is 0 Å². The zero-order chi connectivity index (χ0) is 8.27. The van der Waals surface area contributed by atoms with E-state index >= 15 is 0 Å². The van der Waals surface area contributed by atoms with E-state index in [2.05, 4.69) is 0 Å². The highest BCUT2D eigenvalue weighted by Crippen LogP contribution is 2.13. The lowest BCUT2D eigenvalue weighted by Crippen LogP contribution is -1.69. The largest absolute Gasteiger partial charge is 0.290 e. The SMILES string of the molecule is [O]c1ccc(C=C(F)F)cc1. The Labute approximate surface area is 62.6 Å². The minimum absolute atomic E-state index is 0.179. The van der Waals surface area contributed by atoms with E-state index in [9.17, 15) is 13.9 Å². The van der Waals surface area contributed by atoms with Gasteiger partial charge < -0.3 is 0 Å². The fraction of sp³-hybridized carbons (Fsp3) is 0. The first-order chi connectivity index (χ1) is 5.18. The van der Waals surface area contributed by atoms with Crippen LogP contribution in [0.2, 0.25) is 0 Å². The predicted molar refractivity (Wildman–Crippen MR) is 36.8 cm³/mol. The summed E-state index contributed by atoms with van der Waals surface area (Å²) in [4.78, 5) is 0. The maximum atomic E-state index is 11.6. The van der Waals surface area contributed by atoms with Gasteiger partial charge in [-0.15, -0.1) is 0 Å². The van der Waals surface area contributed by atoms with Crippen molar-refractivity contribution in [3.8, 4) is 5.75 Å². The van der Waals surface area contributed by atoms with Crippen LogP contribution in [0.15, 0.2) is 30.3 Å². The zero-order valence-corrected chi connectivity index (χ0v) is 5.55. The standard InChI is InChI=1S/C8H5F2O/c9-8(10)5-6-1-3-7(11)4-2-6/h1-5H. The predicted octanol–water partition coefficient (Wildman–Crippen LogP) is 3.07. The number of benzene rings is 1. The molecule has 0 aliphatic carbocycles. The Morgan fingerprint density at radius 2 is 1.73 bits per heavy atom. The van der Waals surface area contributed by atoms with Crippen molar-refractivity contribution in [1.29, 1.82) is 0 Å². The number of rotatable bonds is 1. The van der Waals surface area contributed by atoms with Gasteiger partial charge in [0.25, 0.3) is 6.08 Å². The summed E-state index contributed by atoms with van der Waals surface area (Å²) in [6.07, 6.45) is -1.05. The lowest BCUT2D eigenvalue weighted by molar-refractivity contribution is 0.355. The second kappa shape index (κ2) is 3.14. The second-order valence-corrected chi connectivity index (χ2v) is 2.00. The van der Waals surface area contributed by atoms with E-state index in [1.54, 1.807) is 0 Å². The molecular weight excluding hydrogens is 150 g/mol. The third kappa shape index (κ3) is 2.37. The van der Waals surface area contributed by atoms with Crippen molar-refractivity contribution in [2.75, 3.05) is 0 Å². The monoisotopic (exact) mass is 155 g/mol. The van der Waals surface area contributed by atoms with Crippen LogP contribution < -0.4 is 0 Å². The first kappa shape index (κ1) is 7.72. The van der Waals surface area contributed by atoms with Crippen LogP contribution in [-0.2, 0) is 5.11 Å². The Kier molecular flexibility index (Phi) is 2.21. The molecule has 1 aromatic carbocycles. The Balaban J connectivity index is 2.91. The number of hydrogen-bond donors (Lipinski definition) is 0. The molecule has 1 radical (unpaired) electrons. The topological polar surface area (TPSA) is 19.9 Å². The van der Waals surface area contributed by atoms with E-state index in [1.165, 1.54) is 24.3 Å². The quantitative estimate of drug-likeness (QED) is 0.593. The third-order valence-electron chi connectivity index (χ3n) is 1.16.